The Kier molecular flexibility index (Phi) is 11.2. The third kappa shape index (κ3) is 9.65. The Hall–Kier alpha value is -3.20. The fraction of sp³-hybridized carbons (Fsp3) is 0.444. The number of hydrogen-bond acceptors (Lipinski definition) is 9. The lowest BCUT2D eigenvalue weighted by Gasteiger charge is -2.57. The number of ether oxygens (including phenoxy) is 4. The second-order valence-corrected chi connectivity index (χ2v) is 12.7. The number of fused-ring (bicyclic) bond motifs is 3. The predicted molar refractivity (Wildman–Crippen MR) is 153 cm³/mol. The van der Waals surface area contributed by atoms with Gasteiger partial charge >= 0.3 is 14.0 Å². The van der Waals surface area contributed by atoms with E-state index in [9.17, 15) is 27.7 Å². The number of rotatable bonds is 13. The number of amides is 2. The molecule has 0 aromatic heterocycles. The van der Waals surface area contributed by atoms with Crippen LogP contribution in [0.4, 0.5) is 13.6 Å². The lowest BCUT2D eigenvalue weighted by Crippen LogP contribution is -2.69. The molecule has 2 amide bonds. The van der Waals surface area contributed by atoms with Crippen LogP contribution in [0.2, 0.25) is 10.0 Å². The van der Waals surface area contributed by atoms with Gasteiger partial charge in [-0.3, -0.25) is 9.59 Å². The molecule has 0 spiro atoms. The van der Waals surface area contributed by atoms with Crippen LogP contribution < -0.4 is 20.1 Å². The molecule has 3 fully saturated rings. The summed E-state index contributed by atoms with van der Waals surface area (Å²) in [5.74, 6) is -2.80. The van der Waals surface area contributed by atoms with Gasteiger partial charge in [0.15, 0.2) is 13.2 Å². The summed E-state index contributed by atoms with van der Waals surface area (Å²) in [7, 11) is -4.88. The molecule has 0 radical (unpaired) electrons. The third-order valence-corrected chi connectivity index (χ3v) is 8.69. The average Bonchev–Trinajstić information content (AvgIpc) is 2.97. The highest BCUT2D eigenvalue weighted by Gasteiger charge is 2.56. The van der Waals surface area contributed by atoms with E-state index < -0.39 is 74.4 Å². The van der Waals surface area contributed by atoms with Crippen molar-refractivity contribution in [3.05, 3.63) is 58.1 Å². The zero-order chi connectivity index (χ0) is 32.8. The van der Waals surface area contributed by atoms with E-state index in [2.05, 4.69) is 19.9 Å². The van der Waals surface area contributed by atoms with Crippen LogP contribution in [0.25, 0.3) is 0 Å². The Labute approximate surface area is 265 Å². The normalized spacial score (nSPS) is 22.3. The maximum atomic E-state index is 13.8. The van der Waals surface area contributed by atoms with Crippen molar-refractivity contribution in [3.63, 3.8) is 0 Å². The van der Waals surface area contributed by atoms with E-state index in [4.69, 9.17) is 47.2 Å². The van der Waals surface area contributed by atoms with E-state index >= 15 is 0 Å². The molecule has 2 aromatic carbocycles. The van der Waals surface area contributed by atoms with E-state index in [1.807, 2.05) is 0 Å². The van der Waals surface area contributed by atoms with Gasteiger partial charge in [-0.1, -0.05) is 23.2 Å². The van der Waals surface area contributed by atoms with Crippen LogP contribution in [-0.2, 0) is 28.2 Å². The smallest absolute Gasteiger partial charge is 0.484 e. The first-order valence-electron chi connectivity index (χ1n) is 13.4. The minimum Gasteiger partial charge on any atom is -0.484 e. The van der Waals surface area contributed by atoms with Crippen LogP contribution in [-0.4, -0.2) is 65.4 Å². The molecule has 3 aliphatic rings. The van der Waals surface area contributed by atoms with Crippen molar-refractivity contribution in [3.8, 4) is 11.5 Å². The van der Waals surface area contributed by atoms with E-state index in [0.29, 0.717) is 25.7 Å². The van der Waals surface area contributed by atoms with Crippen LogP contribution in [0.1, 0.15) is 32.1 Å². The number of halogens is 4. The molecule has 2 aromatic rings. The van der Waals surface area contributed by atoms with Crippen molar-refractivity contribution in [2.45, 2.75) is 43.2 Å². The zero-order valence-electron chi connectivity index (χ0n) is 23.4. The molecule has 45 heavy (non-hydrogen) atoms. The molecule has 0 saturated heterocycles. The van der Waals surface area contributed by atoms with Gasteiger partial charge in [-0.15, -0.1) is 0 Å². The first-order chi connectivity index (χ1) is 21.2. The number of carbonyl (C=O) groups is 3. The maximum Gasteiger partial charge on any atom is 0.510 e. The van der Waals surface area contributed by atoms with Crippen LogP contribution >= 0.6 is 31.0 Å². The molecule has 0 heterocycles. The molecule has 13 nitrogen and oxygen atoms in total. The number of nitrogens with one attached hydrogen (secondary N) is 2. The summed E-state index contributed by atoms with van der Waals surface area (Å²) in [5.41, 5.74) is -1.64. The number of carbonyl (C=O) groups excluding carboxylic acids is 3. The SMILES string of the molecule is O=C(COc1ccc(Cl)c(F)c1)NC12CCC(NC(=O)COc3ccc(Cl)c(F)c3)(CC1)[C@@H](COC(=O)OCOP(=O)(O)O)C2. The number of phosphoric acid groups is 1. The minimum atomic E-state index is -4.88. The van der Waals surface area contributed by atoms with Crippen molar-refractivity contribution >= 4 is 49.0 Å². The third-order valence-electron chi connectivity index (χ3n) is 7.63. The van der Waals surface area contributed by atoms with Gasteiger partial charge in [-0.2, -0.15) is 0 Å². The first-order valence-corrected chi connectivity index (χ1v) is 15.7. The van der Waals surface area contributed by atoms with Crippen molar-refractivity contribution in [1.82, 2.24) is 10.6 Å². The van der Waals surface area contributed by atoms with Crippen molar-refractivity contribution in [2.75, 3.05) is 26.6 Å². The summed E-state index contributed by atoms with van der Waals surface area (Å²) in [4.78, 5) is 55.4. The lowest BCUT2D eigenvalue weighted by atomic mass is 9.56. The van der Waals surface area contributed by atoms with E-state index in [1.54, 1.807) is 0 Å². The van der Waals surface area contributed by atoms with Crippen molar-refractivity contribution in [2.24, 2.45) is 5.92 Å². The largest absolute Gasteiger partial charge is 0.510 e. The van der Waals surface area contributed by atoms with Crippen molar-refractivity contribution < 1.29 is 61.0 Å². The van der Waals surface area contributed by atoms with Gasteiger partial charge in [0.1, 0.15) is 29.7 Å². The Morgan fingerprint density at radius 2 is 1.40 bits per heavy atom. The molecule has 246 valence electrons. The average molecular weight is 697 g/mol. The molecule has 5 rings (SSSR count). The fourth-order valence-corrected chi connectivity index (χ4v) is 5.93. The Bertz CT molecular complexity index is 1470. The summed E-state index contributed by atoms with van der Waals surface area (Å²) in [6.45, 7) is -2.23. The van der Waals surface area contributed by atoms with Crippen LogP contribution in [0, 0.1) is 17.6 Å². The summed E-state index contributed by atoms with van der Waals surface area (Å²) in [6, 6.07) is 7.50. The molecule has 0 aliphatic heterocycles. The molecular weight excluding hydrogens is 668 g/mol. The number of benzene rings is 2. The molecule has 3 aliphatic carbocycles. The van der Waals surface area contributed by atoms with Crippen molar-refractivity contribution in [1.29, 1.82) is 0 Å². The number of phosphoric ester groups is 1. The second kappa shape index (κ2) is 14.5. The van der Waals surface area contributed by atoms with E-state index in [0.717, 1.165) is 12.1 Å². The Morgan fingerprint density at radius 1 is 0.867 bits per heavy atom. The quantitative estimate of drug-likeness (QED) is 0.134. The van der Waals surface area contributed by atoms with Gasteiger partial charge in [0, 0.05) is 29.1 Å². The monoisotopic (exact) mass is 696 g/mol. The molecule has 1 atom stereocenters. The predicted octanol–water partition coefficient (Wildman–Crippen LogP) is 4.25. The Morgan fingerprint density at radius 3 is 1.91 bits per heavy atom. The highest BCUT2D eigenvalue weighted by molar-refractivity contribution is 7.46. The lowest BCUT2D eigenvalue weighted by molar-refractivity contribution is -0.134. The highest BCUT2D eigenvalue weighted by atomic mass is 35.5. The molecule has 2 bridgehead atoms. The topological polar surface area (TPSA) is 179 Å². The van der Waals surface area contributed by atoms with Crippen LogP contribution in [0.15, 0.2) is 36.4 Å². The highest BCUT2D eigenvalue weighted by Crippen LogP contribution is 2.50. The molecule has 3 saturated carbocycles. The van der Waals surface area contributed by atoms with Gasteiger partial charge in [-0.25, -0.2) is 22.7 Å². The van der Waals surface area contributed by atoms with Gasteiger partial charge in [0.2, 0.25) is 6.79 Å². The summed E-state index contributed by atoms with van der Waals surface area (Å²) >= 11 is 11.4. The summed E-state index contributed by atoms with van der Waals surface area (Å²) in [6.07, 6.45) is 0.583. The van der Waals surface area contributed by atoms with E-state index in [-0.39, 0.29) is 34.6 Å². The second-order valence-electron chi connectivity index (χ2n) is 10.6. The summed E-state index contributed by atoms with van der Waals surface area (Å²) < 4.78 is 62.9. The van der Waals surface area contributed by atoms with Crippen LogP contribution in [0.3, 0.4) is 0 Å². The standard InChI is InChI=1S/C27H29Cl2F2N2O11P/c28-19-3-1-17(9-21(19)30)40-13-23(34)32-26-5-7-27(8-6-26,16(11-26)12-42-25(36)43-15-44-45(37,38)39)33-24(35)14-41-18-2-4-20(29)22(31)10-18/h1-4,9-10,16H,5-8,11-15H2,(H,32,34)(H,33,35)(H2,37,38,39)/t16-,26?,27?/m1/s1. The minimum absolute atomic E-state index is 0.0854. The molecular formula is C27H29Cl2F2N2O11P. The van der Waals surface area contributed by atoms with Gasteiger partial charge in [0.05, 0.1) is 10.0 Å². The molecule has 0 unspecified atom stereocenters. The molecule has 4 N–H and O–H groups in total. The van der Waals surface area contributed by atoms with E-state index in [1.165, 1.54) is 24.3 Å². The summed E-state index contributed by atoms with van der Waals surface area (Å²) in [5, 5.41) is 5.72. The van der Waals surface area contributed by atoms with Gasteiger partial charge in [-0.05, 0) is 56.4 Å². The van der Waals surface area contributed by atoms with Gasteiger partial charge < -0.3 is 39.4 Å². The fourth-order valence-electron chi connectivity index (χ4n) is 5.51. The van der Waals surface area contributed by atoms with Crippen LogP contribution in [0.5, 0.6) is 11.5 Å². The zero-order valence-corrected chi connectivity index (χ0v) is 25.8. The number of hydrogen-bond donors (Lipinski definition) is 4. The van der Waals surface area contributed by atoms with Gasteiger partial charge in [0.25, 0.3) is 11.8 Å². The Balaban J connectivity index is 1.39. The first kappa shape index (κ1) is 34.7. The molecule has 18 heteroatoms. The maximum absolute atomic E-state index is 13.8.